The van der Waals surface area contributed by atoms with Crippen LogP contribution in [0.15, 0.2) is 65.5 Å². The zero-order valence-electron chi connectivity index (χ0n) is 20.5. The van der Waals surface area contributed by atoms with E-state index in [1.165, 1.54) is 9.58 Å². The average molecular weight is 520 g/mol. The zero-order valence-corrected chi connectivity index (χ0v) is 21.3. The number of hydrogen-bond donors (Lipinski definition) is 2. The van der Waals surface area contributed by atoms with Crippen molar-refractivity contribution in [1.29, 1.82) is 0 Å². The quantitative estimate of drug-likeness (QED) is 0.538. The molecule has 2 amide bonds. The summed E-state index contributed by atoms with van der Waals surface area (Å²) >= 11 is 6.27. The van der Waals surface area contributed by atoms with Crippen molar-refractivity contribution in [3.63, 3.8) is 0 Å². The van der Waals surface area contributed by atoms with Crippen molar-refractivity contribution in [2.75, 3.05) is 26.2 Å². The number of piperazine rings is 1. The second-order valence-corrected chi connectivity index (χ2v) is 10.3. The molecule has 1 aromatic heterocycles. The Balaban J connectivity index is 1.50. The molecule has 3 aromatic rings. The van der Waals surface area contributed by atoms with Crippen molar-refractivity contribution in [1.82, 2.24) is 20.0 Å². The molecule has 0 radical (unpaired) electrons. The minimum absolute atomic E-state index is 0.0362. The third-order valence-corrected chi connectivity index (χ3v) is 7.88. The number of carbonyl (C=O) groups excluding carboxylic acids is 2. The van der Waals surface area contributed by atoms with Gasteiger partial charge in [-0.2, -0.15) is 5.10 Å². The van der Waals surface area contributed by atoms with Crippen molar-refractivity contribution in [2.45, 2.75) is 37.1 Å². The van der Waals surface area contributed by atoms with Crippen LogP contribution in [0.25, 0.3) is 11.3 Å². The highest BCUT2D eigenvalue weighted by Gasteiger charge is 2.37. The first-order valence-electron chi connectivity index (χ1n) is 12.6. The van der Waals surface area contributed by atoms with E-state index in [2.05, 4.69) is 11.4 Å². The molecule has 9 heteroatoms. The molecule has 192 valence electrons. The summed E-state index contributed by atoms with van der Waals surface area (Å²) in [5, 5.41) is 8.12. The van der Waals surface area contributed by atoms with Crippen molar-refractivity contribution in [2.24, 2.45) is 5.73 Å². The van der Waals surface area contributed by atoms with E-state index >= 15 is 0 Å². The van der Waals surface area contributed by atoms with Gasteiger partial charge in [0, 0.05) is 35.6 Å². The number of benzene rings is 2. The average Bonchev–Trinajstić information content (AvgIpc) is 2.93. The fourth-order valence-electron chi connectivity index (χ4n) is 5.47. The van der Waals surface area contributed by atoms with Crippen LogP contribution in [0.5, 0.6) is 0 Å². The Labute approximate surface area is 220 Å². The smallest absolute Gasteiger partial charge is 0.279 e. The van der Waals surface area contributed by atoms with E-state index in [1.807, 2.05) is 48.5 Å². The topological polar surface area (TPSA) is 110 Å². The second-order valence-electron chi connectivity index (χ2n) is 9.86. The summed E-state index contributed by atoms with van der Waals surface area (Å²) in [6, 6.07) is 18.7. The molecule has 0 spiro atoms. The Bertz CT molecular complexity index is 1370. The van der Waals surface area contributed by atoms with Gasteiger partial charge in [0.05, 0.1) is 18.3 Å². The van der Waals surface area contributed by atoms with Gasteiger partial charge in [-0.25, -0.2) is 4.68 Å². The lowest BCUT2D eigenvalue weighted by molar-refractivity contribution is -0.123. The number of nitrogens with two attached hydrogens (primary N) is 1. The fourth-order valence-corrected chi connectivity index (χ4v) is 5.66. The van der Waals surface area contributed by atoms with Gasteiger partial charge >= 0.3 is 0 Å². The van der Waals surface area contributed by atoms with E-state index in [9.17, 15) is 14.4 Å². The molecule has 5 rings (SSSR count). The molecule has 1 aliphatic carbocycles. The van der Waals surface area contributed by atoms with Crippen LogP contribution in [-0.2, 0) is 10.2 Å². The number of halogens is 1. The van der Waals surface area contributed by atoms with Crippen LogP contribution >= 0.6 is 11.6 Å². The normalized spacial score (nSPS) is 21.9. The van der Waals surface area contributed by atoms with Crippen LogP contribution in [0, 0.1) is 0 Å². The van der Waals surface area contributed by atoms with Gasteiger partial charge in [0.2, 0.25) is 5.91 Å². The largest absolute Gasteiger partial charge is 0.353 e. The maximum atomic E-state index is 13.7. The molecule has 8 nitrogen and oxygen atoms in total. The summed E-state index contributed by atoms with van der Waals surface area (Å²) in [7, 11) is 0. The van der Waals surface area contributed by atoms with Gasteiger partial charge in [-0.1, -0.05) is 54.1 Å². The molecule has 2 heterocycles. The van der Waals surface area contributed by atoms with Gasteiger partial charge in [0.1, 0.15) is 5.56 Å². The van der Waals surface area contributed by atoms with Gasteiger partial charge in [0.25, 0.3) is 11.5 Å². The number of nitrogens with zero attached hydrogens (tertiary/aromatic N) is 3. The first-order chi connectivity index (χ1) is 17.9. The van der Waals surface area contributed by atoms with E-state index < -0.39 is 11.5 Å². The van der Waals surface area contributed by atoms with Gasteiger partial charge in [-0.15, -0.1) is 0 Å². The molecule has 2 fully saturated rings. The van der Waals surface area contributed by atoms with E-state index in [0.29, 0.717) is 43.2 Å². The Morgan fingerprint density at radius 1 is 1.08 bits per heavy atom. The van der Waals surface area contributed by atoms with Crippen LogP contribution in [0.1, 0.15) is 47.6 Å². The van der Waals surface area contributed by atoms with E-state index in [0.717, 1.165) is 24.0 Å². The summed E-state index contributed by atoms with van der Waals surface area (Å²) in [4.78, 5) is 40.4. The maximum Gasteiger partial charge on any atom is 0.279 e. The van der Waals surface area contributed by atoms with Crippen LogP contribution in [0.4, 0.5) is 0 Å². The van der Waals surface area contributed by atoms with Gasteiger partial charge < -0.3 is 16.0 Å². The molecule has 1 saturated heterocycles. The number of nitrogens with one attached hydrogen (secondary N) is 1. The van der Waals surface area contributed by atoms with Gasteiger partial charge in [-0.3, -0.25) is 14.4 Å². The molecule has 0 atom stereocenters. The third-order valence-electron chi connectivity index (χ3n) is 7.65. The number of aromatic nitrogens is 2. The summed E-state index contributed by atoms with van der Waals surface area (Å²) in [6.45, 7) is 1.13. The predicted octanol–water partition coefficient (Wildman–Crippen LogP) is 3.15. The molecule has 3 N–H and O–H groups in total. The van der Waals surface area contributed by atoms with E-state index in [1.54, 1.807) is 6.07 Å². The highest BCUT2D eigenvalue weighted by molar-refractivity contribution is 6.30. The SMILES string of the molecule is NC[C@]1(c2cccc(Cl)c2)CC[C@H](n2nc(-c3ccccc3)cc(C(=O)N3CCNC(=O)C3)c2=O)CC1. The van der Waals surface area contributed by atoms with E-state index in [-0.39, 0.29) is 29.5 Å². The number of rotatable bonds is 5. The number of carbonyl (C=O) groups is 2. The van der Waals surface area contributed by atoms with Crippen LogP contribution in [0.3, 0.4) is 0 Å². The fraction of sp³-hybridized carbons (Fsp3) is 0.357. The lowest BCUT2D eigenvalue weighted by Gasteiger charge is -2.40. The standard InChI is InChI=1S/C28H30ClN5O3/c29-21-8-4-7-20(15-21)28(18-30)11-9-22(10-12-28)34-27(37)23(26(36)33-14-13-31-25(35)17-33)16-24(32-34)19-5-2-1-3-6-19/h1-8,15-16,22H,9-14,17-18,30H2,(H,31,35)/t22-,28-. The van der Waals surface area contributed by atoms with Crippen molar-refractivity contribution >= 4 is 23.4 Å². The highest BCUT2D eigenvalue weighted by atomic mass is 35.5. The lowest BCUT2D eigenvalue weighted by Crippen LogP contribution is -2.51. The van der Waals surface area contributed by atoms with Gasteiger partial charge in [0.15, 0.2) is 0 Å². The molecule has 1 aliphatic heterocycles. The van der Waals surface area contributed by atoms with Crippen molar-refractivity contribution in [3.05, 3.63) is 87.2 Å². The molecule has 0 bridgehead atoms. The first kappa shape index (κ1) is 25.2. The van der Waals surface area contributed by atoms with Crippen LogP contribution in [-0.4, -0.2) is 52.7 Å². The molecular formula is C28H30ClN5O3. The molecule has 2 aliphatic rings. The first-order valence-corrected chi connectivity index (χ1v) is 13.0. The Kier molecular flexibility index (Phi) is 7.13. The summed E-state index contributed by atoms with van der Waals surface area (Å²) in [5.74, 6) is -0.678. The number of hydrogen-bond acceptors (Lipinski definition) is 5. The number of amides is 2. The Morgan fingerprint density at radius 3 is 2.51 bits per heavy atom. The third kappa shape index (κ3) is 5.04. The predicted molar refractivity (Wildman–Crippen MR) is 143 cm³/mol. The summed E-state index contributed by atoms with van der Waals surface area (Å²) in [6.07, 6.45) is 2.92. The minimum Gasteiger partial charge on any atom is -0.353 e. The Morgan fingerprint density at radius 2 is 1.84 bits per heavy atom. The van der Waals surface area contributed by atoms with Crippen LogP contribution in [0.2, 0.25) is 5.02 Å². The summed E-state index contributed by atoms with van der Waals surface area (Å²) in [5.41, 5.74) is 8.14. The molecule has 37 heavy (non-hydrogen) atoms. The minimum atomic E-state index is -0.445. The molecule has 2 aromatic carbocycles. The highest BCUT2D eigenvalue weighted by Crippen LogP contribution is 2.42. The van der Waals surface area contributed by atoms with Crippen molar-refractivity contribution < 1.29 is 9.59 Å². The second kappa shape index (κ2) is 10.5. The van der Waals surface area contributed by atoms with Crippen molar-refractivity contribution in [3.8, 4) is 11.3 Å². The van der Waals surface area contributed by atoms with Gasteiger partial charge in [-0.05, 0) is 49.4 Å². The summed E-state index contributed by atoms with van der Waals surface area (Å²) < 4.78 is 1.48. The Hall–Kier alpha value is -3.49. The monoisotopic (exact) mass is 519 g/mol. The van der Waals surface area contributed by atoms with E-state index in [4.69, 9.17) is 22.4 Å². The molecule has 1 saturated carbocycles. The zero-order chi connectivity index (χ0) is 26.0. The molecule has 0 unspecified atom stereocenters. The van der Waals surface area contributed by atoms with Crippen LogP contribution < -0.4 is 16.6 Å². The lowest BCUT2D eigenvalue weighted by atomic mass is 9.68. The molecular weight excluding hydrogens is 490 g/mol. The maximum absolute atomic E-state index is 13.7.